The Balaban J connectivity index is 1.59. The van der Waals surface area contributed by atoms with Crippen molar-refractivity contribution in [2.24, 2.45) is 56.7 Å². The Bertz CT molecular complexity index is 801. The average molecular weight is 443 g/mol. The molecule has 0 radical (unpaired) electrons. The topological polar surface area (TPSA) is 40.5 Å². The summed E-state index contributed by atoms with van der Waals surface area (Å²) in [5.74, 6) is 2.75. The molecule has 182 valence electrons. The molecule has 32 heavy (non-hydrogen) atoms. The van der Waals surface area contributed by atoms with Crippen LogP contribution in [0.1, 0.15) is 106 Å². The number of aliphatic hydroxyl groups excluding tert-OH is 2. The van der Waals surface area contributed by atoms with Gasteiger partial charge in [-0.05, 0) is 121 Å². The quantitative estimate of drug-likeness (QED) is 0.429. The Morgan fingerprint density at radius 1 is 0.812 bits per heavy atom. The first-order valence-corrected chi connectivity index (χ1v) is 13.7. The molecule has 0 heterocycles. The lowest BCUT2D eigenvalue weighted by molar-refractivity contribution is -0.275. The first kappa shape index (κ1) is 23.4. The molecular weight excluding hydrogens is 392 g/mol. The SMILES string of the molecule is C=C(C)[C@@H]1CC[C@]2(C)CC[C@]3(C)[C@H](C[C@@H](O)[C@@H]4[C@@]5(C)CC[C@H](O)C(C)(C)[C@@H]5CC[C@]43C)[C@@H]12. The second-order valence-electron chi connectivity index (χ2n) is 14.9. The van der Waals surface area contributed by atoms with Crippen molar-refractivity contribution in [3.05, 3.63) is 12.2 Å². The van der Waals surface area contributed by atoms with E-state index in [0.717, 1.165) is 19.3 Å². The van der Waals surface area contributed by atoms with E-state index in [-0.39, 0.29) is 33.9 Å². The fourth-order valence-corrected chi connectivity index (χ4v) is 11.5. The molecule has 0 aliphatic heterocycles. The van der Waals surface area contributed by atoms with E-state index in [4.69, 9.17) is 0 Å². The van der Waals surface area contributed by atoms with Crippen LogP contribution < -0.4 is 0 Å². The van der Waals surface area contributed by atoms with Gasteiger partial charge in [0, 0.05) is 0 Å². The summed E-state index contributed by atoms with van der Waals surface area (Å²) in [4.78, 5) is 0. The highest BCUT2D eigenvalue weighted by atomic mass is 16.3. The van der Waals surface area contributed by atoms with Crippen molar-refractivity contribution in [1.82, 2.24) is 0 Å². The van der Waals surface area contributed by atoms with E-state index in [1.165, 1.54) is 44.1 Å². The minimum Gasteiger partial charge on any atom is -0.393 e. The lowest BCUT2D eigenvalue weighted by atomic mass is 9.32. The third kappa shape index (κ3) is 2.66. The Kier molecular flexibility index (Phi) is 5.02. The van der Waals surface area contributed by atoms with Gasteiger partial charge in [-0.1, -0.05) is 53.7 Å². The minimum atomic E-state index is -0.217. The Labute approximate surface area is 197 Å². The summed E-state index contributed by atoms with van der Waals surface area (Å²) in [5, 5.41) is 22.9. The normalized spacial score (nSPS) is 58.8. The van der Waals surface area contributed by atoms with Crippen LogP contribution in [0, 0.1) is 56.7 Å². The third-order valence-corrected chi connectivity index (χ3v) is 13.4. The van der Waals surface area contributed by atoms with Crippen molar-refractivity contribution in [1.29, 1.82) is 0 Å². The van der Waals surface area contributed by atoms with Crippen molar-refractivity contribution in [3.8, 4) is 0 Å². The first-order chi connectivity index (χ1) is 14.7. The van der Waals surface area contributed by atoms with Crippen molar-refractivity contribution in [3.63, 3.8) is 0 Å². The summed E-state index contributed by atoms with van der Waals surface area (Å²) in [6.07, 6.45) is 10.2. The fraction of sp³-hybridized carbons (Fsp3) is 0.933. The van der Waals surface area contributed by atoms with Gasteiger partial charge in [-0.2, -0.15) is 0 Å². The van der Waals surface area contributed by atoms with Gasteiger partial charge in [-0.3, -0.25) is 0 Å². The molecule has 0 bridgehead atoms. The fourth-order valence-electron chi connectivity index (χ4n) is 11.5. The molecule has 11 atom stereocenters. The van der Waals surface area contributed by atoms with Gasteiger partial charge < -0.3 is 10.2 Å². The maximum absolute atomic E-state index is 12.0. The van der Waals surface area contributed by atoms with E-state index in [9.17, 15) is 10.2 Å². The third-order valence-electron chi connectivity index (χ3n) is 13.4. The molecule has 2 nitrogen and oxygen atoms in total. The monoisotopic (exact) mass is 442 g/mol. The second-order valence-corrected chi connectivity index (χ2v) is 14.9. The number of hydrogen-bond donors (Lipinski definition) is 2. The number of fused-ring (bicyclic) bond motifs is 7. The van der Waals surface area contributed by atoms with Crippen molar-refractivity contribution >= 4 is 0 Å². The largest absolute Gasteiger partial charge is 0.393 e. The molecule has 5 aliphatic carbocycles. The van der Waals surface area contributed by atoms with Crippen LogP contribution in [0.4, 0.5) is 0 Å². The lowest BCUT2D eigenvalue weighted by Gasteiger charge is -2.73. The number of aliphatic hydroxyl groups is 2. The van der Waals surface area contributed by atoms with Crippen LogP contribution in [-0.4, -0.2) is 22.4 Å². The smallest absolute Gasteiger partial charge is 0.0594 e. The van der Waals surface area contributed by atoms with Crippen LogP contribution in [0.25, 0.3) is 0 Å². The van der Waals surface area contributed by atoms with Crippen molar-refractivity contribution in [2.45, 2.75) is 118 Å². The summed E-state index contributed by atoms with van der Waals surface area (Å²) in [6, 6.07) is 0. The van der Waals surface area contributed by atoms with E-state index >= 15 is 0 Å². The standard InChI is InChI=1S/C30H50O2/c1-18(2)19-9-12-27(5)15-16-29(7)20(24(19)27)17-21(31)25-28(6)13-11-23(32)26(3,4)22(28)10-14-30(25,29)8/h19-25,31-32H,1,9-17H2,2-8H3/t19-,20+,21+,22-,23-,24+,25+,27+,28-,29+,30+/m0/s1. The second kappa shape index (κ2) is 6.87. The molecule has 0 aromatic rings. The molecule has 0 aromatic carbocycles. The summed E-state index contributed by atoms with van der Waals surface area (Å²) >= 11 is 0. The van der Waals surface area contributed by atoms with E-state index in [2.05, 4.69) is 55.0 Å². The maximum atomic E-state index is 12.0. The van der Waals surface area contributed by atoms with Crippen LogP contribution in [0.3, 0.4) is 0 Å². The number of allylic oxidation sites excluding steroid dienone is 1. The number of hydrogen-bond acceptors (Lipinski definition) is 2. The molecule has 2 heteroatoms. The molecule has 2 N–H and O–H groups in total. The van der Waals surface area contributed by atoms with E-state index in [1.807, 2.05) is 0 Å². The highest BCUT2D eigenvalue weighted by Gasteiger charge is 2.72. The first-order valence-electron chi connectivity index (χ1n) is 13.7. The van der Waals surface area contributed by atoms with Gasteiger partial charge >= 0.3 is 0 Å². The molecule has 5 aliphatic rings. The zero-order chi connectivity index (χ0) is 23.5. The van der Waals surface area contributed by atoms with Crippen LogP contribution in [0.2, 0.25) is 0 Å². The molecule has 0 spiro atoms. The summed E-state index contributed by atoms with van der Waals surface area (Å²) in [5.41, 5.74) is 2.31. The number of rotatable bonds is 1. The van der Waals surface area contributed by atoms with E-state index < -0.39 is 0 Å². The van der Waals surface area contributed by atoms with Crippen molar-refractivity contribution in [2.75, 3.05) is 0 Å². The highest BCUT2D eigenvalue weighted by molar-refractivity contribution is 5.22. The predicted molar refractivity (Wildman–Crippen MR) is 132 cm³/mol. The molecule has 5 saturated carbocycles. The Hall–Kier alpha value is -0.340. The maximum Gasteiger partial charge on any atom is 0.0594 e. The van der Waals surface area contributed by atoms with Crippen LogP contribution in [0.15, 0.2) is 12.2 Å². The molecule has 0 saturated heterocycles. The predicted octanol–water partition coefficient (Wildman–Crippen LogP) is 7.00. The minimum absolute atomic E-state index is 0.0621. The van der Waals surface area contributed by atoms with Crippen LogP contribution in [-0.2, 0) is 0 Å². The summed E-state index contributed by atoms with van der Waals surface area (Å²) in [6.45, 7) is 21.6. The van der Waals surface area contributed by atoms with E-state index in [1.54, 1.807) is 0 Å². The Morgan fingerprint density at radius 2 is 1.50 bits per heavy atom. The molecular formula is C30H50O2. The lowest BCUT2D eigenvalue weighted by Crippen LogP contribution is -2.69. The van der Waals surface area contributed by atoms with Gasteiger partial charge in [-0.15, -0.1) is 0 Å². The molecule has 0 aromatic heterocycles. The summed E-state index contributed by atoms with van der Waals surface area (Å²) in [7, 11) is 0. The molecule has 5 rings (SSSR count). The van der Waals surface area contributed by atoms with Gasteiger partial charge in [0.1, 0.15) is 0 Å². The average Bonchev–Trinajstić information content (AvgIpc) is 3.05. The van der Waals surface area contributed by atoms with E-state index in [0.29, 0.717) is 35.0 Å². The van der Waals surface area contributed by atoms with Gasteiger partial charge in [0.25, 0.3) is 0 Å². The summed E-state index contributed by atoms with van der Waals surface area (Å²) < 4.78 is 0. The van der Waals surface area contributed by atoms with Crippen LogP contribution in [0.5, 0.6) is 0 Å². The molecule has 0 amide bonds. The van der Waals surface area contributed by atoms with Gasteiger partial charge in [0.15, 0.2) is 0 Å². The van der Waals surface area contributed by atoms with Gasteiger partial charge in [0.2, 0.25) is 0 Å². The zero-order valence-corrected chi connectivity index (χ0v) is 22.0. The Morgan fingerprint density at radius 3 is 2.16 bits per heavy atom. The molecule has 5 fully saturated rings. The van der Waals surface area contributed by atoms with Crippen molar-refractivity contribution < 1.29 is 10.2 Å². The van der Waals surface area contributed by atoms with Gasteiger partial charge in [0.05, 0.1) is 12.2 Å². The van der Waals surface area contributed by atoms with Gasteiger partial charge in [-0.25, -0.2) is 0 Å². The zero-order valence-electron chi connectivity index (χ0n) is 22.0. The highest BCUT2D eigenvalue weighted by Crippen LogP contribution is 2.77. The molecule has 0 unspecified atom stereocenters. The van der Waals surface area contributed by atoms with Crippen LogP contribution >= 0.6 is 0 Å².